The maximum Gasteiger partial charge on any atom is 0.120 e. The zero-order valence-electron chi connectivity index (χ0n) is 10.7. The van der Waals surface area contributed by atoms with Gasteiger partial charge in [-0.25, -0.2) is 0 Å². The maximum atomic E-state index is 5.60. The Bertz CT molecular complexity index is 325. The van der Waals surface area contributed by atoms with Gasteiger partial charge in [-0.05, 0) is 32.4 Å². The van der Waals surface area contributed by atoms with Gasteiger partial charge in [-0.15, -0.1) is 0 Å². The second-order valence-corrected chi connectivity index (χ2v) is 4.44. The van der Waals surface area contributed by atoms with E-state index in [1.165, 1.54) is 0 Å². The largest absolute Gasteiger partial charge is 0.468 e. The number of hydrogen-bond donors (Lipinski definition) is 1. The standard InChI is InChI=1S/C13H21NO3/c1-4-16-12-8-10(13(12)15-3)14-9(2)11-6-5-7-17-11/h5-7,9-10,12-14H,4,8H2,1-3H3/t9-,10?,12?,13?/m0/s1. The molecular weight excluding hydrogens is 218 g/mol. The summed E-state index contributed by atoms with van der Waals surface area (Å²) in [7, 11) is 1.74. The van der Waals surface area contributed by atoms with Crippen LogP contribution in [0.3, 0.4) is 0 Å². The molecule has 1 aromatic rings. The molecule has 0 spiro atoms. The van der Waals surface area contributed by atoms with Gasteiger partial charge in [-0.3, -0.25) is 0 Å². The number of furan rings is 1. The molecule has 1 fully saturated rings. The minimum atomic E-state index is 0.146. The van der Waals surface area contributed by atoms with E-state index in [4.69, 9.17) is 13.9 Å². The van der Waals surface area contributed by atoms with Crippen molar-refractivity contribution >= 4 is 0 Å². The quantitative estimate of drug-likeness (QED) is 0.826. The molecule has 1 aromatic heterocycles. The predicted molar refractivity (Wildman–Crippen MR) is 64.9 cm³/mol. The first-order valence-corrected chi connectivity index (χ1v) is 6.20. The van der Waals surface area contributed by atoms with Crippen molar-refractivity contribution in [2.75, 3.05) is 13.7 Å². The molecule has 1 heterocycles. The highest BCUT2D eigenvalue weighted by atomic mass is 16.5. The van der Waals surface area contributed by atoms with Gasteiger partial charge in [0.25, 0.3) is 0 Å². The monoisotopic (exact) mass is 239 g/mol. The van der Waals surface area contributed by atoms with Crippen LogP contribution in [0.15, 0.2) is 22.8 Å². The van der Waals surface area contributed by atoms with Crippen LogP contribution in [0.25, 0.3) is 0 Å². The van der Waals surface area contributed by atoms with Crippen LogP contribution in [0, 0.1) is 0 Å². The normalized spacial score (nSPS) is 29.9. The van der Waals surface area contributed by atoms with Crippen LogP contribution in [0.2, 0.25) is 0 Å². The fraction of sp³-hybridized carbons (Fsp3) is 0.692. The summed E-state index contributed by atoms with van der Waals surface area (Å²) in [6, 6.07) is 4.44. The van der Waals surface area contributed by atoms with E-state index in [0.29, 0.717) is 6.04 Å². The molecule has 0 aliphatic heterocycles. The Morgan fingerprint density at radius 3 is 3.00 bits per heavy atom. The van der Waals surface area contributed by atoms with Gasteiger partial charge >= 0.3 is 0 Å². The van der Waals surface area contributed by atoms with Gasteiger partial charge in [-0.1, -0.05) is 0 Å². The van der Waals surface area contributed by atoms with Crippen molar-refractivity contribution in [3.63, 3.8) is 0 Å². The SMILES string of the molecule is CCOC1CC(N[C@@H](C)c2ccco2)C1OC. The van der Waals surface area contributed by atoms with E-state index in [2.05, 4.69) is 12.2 Å². The van der Waals surface area contributed by atoms with Crippen LogP contribution in [-0.4, -0.2) is 32.0 Å². The van der Waals surface area contributed by atoms with E-state index in [9.17, 15) is 0 Å². The van der Waals surface area contributed by atoms with E-state index in [1.807, 2.05) is 19.1 Å². The molecule has 0 amide bonds. The van der Waals surface area contributed by atoms with Gasteiger partial charge in [0.05, 0.1) is 24.5 Å². The van der Waals surface area contributed by atoms with Gasteiger partial charge in [-0.2, -0.15) is 0 Å². The van der Waals surface area contributed by atoms with Crippen molar-refractivity contribution in [3.8, 4) is 0 Å². The molecule has 1 aliphatic carbocycles. The summed E-state index contributed by atoms with van der Waals surface area (Å²) in [5.41, 5.74) is 0. The van der Waals surface area contributed by atoms with Crippen molar-refractivity contribution in [2.24, 2.45) is 0 Å². The number of methoxy groups -OCH3 is 1. The van der Waals surface area contributed by atoms with Crippen molar-refractivity contribution in [1.29, 1.82) is 0 Å². The average molecular weight is 239 g/mol. The summed E-state index contributed by atoms with van der Waals surface area (Å²) in [6.07, 6.45) is 3.07. The molecule has 4 heteroatoms. The zero-order chi connectivity index (χ0) is 12.3. The first kappa shape index (κ1) is 12.6. The fourth-order valence-corrected chi connectivity index (χ4v) is 2.38. The van der Waals surface area contributed by atoms with Crippen LogP contribution >= 0.6 is 0 Å². The Morgan fingerprint density at radius 1 is 1.59 bits per heavy atom. The molecule has 17 heavy (non-hydrogen) atoms. The Balaban J connectivity index is 1.84. The van der Waals surface area contributed by atoms with Gasteiger partial charge in [0.1, 0.15) is 5.76 Å². The van der Waals surface area contributed by atoms with E-state index < -0.39 is 0 Å². The number of rotatable bonds is 6. The second kappa shape index (κ2) is 5.67. The first-order valence-electron chi connectivity index (χ1n) is 6.20. The molecule has 2 rings (SSSR count). The summed E-state index contributed by atoms with van der Waals surface area (Å²) >= 11 is 0. The third-order valence-corrected chi connectivity index (χ3v) is 3.34. The lowest BCUT2D eigenvalue weighted by molar-refractivity contribution is -0.133. The summed E-state index contributed by atoms with van der Waals surface area (Å²) in [5.74, 6) is 0.958. The van der Waals surface area contributed by atoms with Crippen LogP contribution in [0.4, 0.5) is 0 Å². The van der Waals surface area contributed by atoms with Crippen LogP contribution in [0.1, 0.15) is 32.1 Å². The van der Waals surface area contributed by atoms with Crippen molar-refractivity contribution in [3.05, 3.63) is 24.2 Å². The Labute approximate surface area is 102 Å². The topological polar surface area (TPSA) is 43.6 Å². The maximum absolute atomic E-state index is 5.60. The molecule has 0 radical (unpaired) electrons. The number of nitrogens with one attached hydrogen (secondary N) is 1. The first-order chi connectivity index (χ1) is 8.26. The van der Waals surface area contributed by atoms with Gasteiger partial charge < -0.3 is 19.2 Å². The Kier molecular flexibility index (Phi) is 4.20. The van der Waals surface area contributed by atoms with E-state index in [-0.39, 0.29) is 18.2 Å². The van der Waals surface area contributed by atoms with Gasteiger partial charge in [0.15, 0.2) is 0 Å². The molecule has 96 valence electrons. The highest BCUT2D eigenvalue weighted by Gasteiger charge is 2.42. The molecule has 0 bridgehead atoms. The average Bonchev–Trinajstić information content (AvgIpc) is 2.81. The summed E-state index contributed by atoms with van der Waals surface area (Å²) in [4.78, 5) is 0. The summed E-state index contributed by atoms with van der Waals surface area (Å²) in [6.45, 7) is 4.85. The van der Waals surface area contributed by atoms with Crippen LogP contribution in [0.5, 0.6) is 0 Å². The summed E-state index contributed by atoms with van der Waals surface area (Å²) < 4.78 is 16.4. The Hall–Kier alpha value is -0.840. The highest BCUT2D eigenvalue weighted by Crippen LogP contribution is 2.29. The molecule has 1 N–H and O–H groups in total. The van der Waals surface area contributed by atoms with Crippen LogP contribution in [-0.2, 0) is 9.47 Å². The molecule has 0 aromatic carbocycles. The second-order valence-electron chi connectivity index (χ2n) is 4.44. The summed E-state index contributed by atoms with van der Waals surface area (Å²) in [5, 5.41) is 3.51. The van der Waals surface area contributed by atoms with E-state index >= 15 is 0 Å². The molecule has 1 saturated carbocycles. The van der Waals surface area contributed by atoms with Crippen molar-refractivity contribution in [1.82, 2.24) is 5.32 Å². The molecule has 0 saturated heterocycles. The molecular formula is C13H21NO3. The molecule has 4 atom stereocenters. The highest BCUT2D eigenvalue weighted by molar-refractivity contribution is 5.06. The van der Waals surface area contributed by atoms with Gasteiger partial charge in [0.2, 0.25) is 0 Å². The minimum Gasteiger partial charge on any atom is -0.468 e. The molecule has 1 aliphatic rings. The smallest absolute Gasteiger partial charge is 0.120 e. The molecule has 4 nitrogen and oxygen atoms in total. The lowest BCUT2D eigenvalue weighted by Crippen LogP contribution is -2.60. The lowest BCUT2D eigenvalue weighted by Gasteiger charge is -2.44. The zero-order valence-corrected chi connectivity index (χ0v) is 10.7. The van der Waals surface area contributed by atoms with Crippen LogP contribution < -0.4 is 5.32 Å². The third kappa shape index (κ3) is 2.70. The van der Waals surface area contributed by atoms with Gasteiger partial charge in [0, 0.05) is 19.8 Å². The van der Waals surface area contributed by atoms with Crippen molar-refractivity contribution < 1.29 is 13.9 Å². The number of hydrogen-bond acceptors (Lipinski definition) is 4. The van der Waals surface area contributed by atoms with E-state index in [1.54, 1.807) is 13.4 Å². The minimum absolute atomic E-state index is 0.146. The third-order valence-electron chi connectivity index (χ3n) is 3.34. The predicted octanol–water partition coefficient (Wildman–Crippen LogP) is 2.12. The van der Waals surface area contributed by atoms with E-state index in [0.717, 1.165) is 18.8 Å². The fourth-order valence-electron chi connectivity index (χ4n) is 2.38. The number of ether oxygens (including phenoxy) is 2. The Morgan fingerprint density at radius 2 is 2.41 bits per heavy atom. The lowest BCUT2D eigenvalue weighted by atomic mass is 9.84. The van der Waals surface area contributed by atoms with Crippen molar-refractivity contribution in [2.45, 2.75) is 44.6 Å². The molecule has 3 unspecified atom stereocenters.